The van der Waals surface area contributed by atoms with Gasteiger partial charge in [0.1, 0.15) is 0 Å². The van der Waals surface area contributed by atoms with Gasteiger partial charge in [-0.25, -0.2) is 4.79 Å². The maximum absolute atomic E-state index is 12.2. The normalized spacial score (nSPS) is 17.1. The first kappa shape index (κ1) is 22.1. The fourth-order valence-electron chi connectivity index (χ4n) is 3.04. The van der Waals surface area contributed by atoms with E-state index in [0.717, 1.165) is 25.9 Å². The lowest BCUT2D eigenvalue weighted by atomic mass is 10.0. The van der Waals surface area contributed by atoms with Crippen molar-refractivity contribution >= 4 is 29.6 Å². The Balaban J connectivity index is 1.94. The van der Waals surface area contributed by atoms with Crippen molar-refractivity contribution in [1.82, 2.24) is 4.90 Å². The van der Waals surface area contributed by atoms with E-state index in [0.29, 0.717) is 28.0 Å². The molecule has 154 valence electrons. The van der Waals surface area contributed by atoms with Crippen LogP contribution in [-0.4, -0.2) is 49.7 Å². The molecule has 1 aromatic rings. The summed E-state index contributed by atoms with van der Waals surface area (Å²) in [6.07, 6.45) is 4.88. The van der Waals surface area contributed by atoms with Gasteiger partial charge in [0.25, 0.3) is 5.91 Å². The zero-order chi connectivity index (χ0) is 20.7. The molecule has 2 rings (SSSR count). The lowest BCUT2D eigenvalue weighted by Gasteiger charge is -2.30. The van der Waals surface area contributed by atoms with Gasteiger partial charge < -0.3 is 19.1 Å². The van der Waals surface area contributed by atoms with E-state index in [-0.39, 0.29) is 18.6 Å². The van der Waals surface area contributed by atoms with Crippen molar-refractivity contribution < 1.29 is 23.8 Å². The first-order chi connectivity index (χ1) is 13.3. The van der Waals surface area contributed by atoms with Crippen LogP contribution < -0.4 is 9.47 Å². The monoisotopic (exact) mass is 409 g/mol. The Morgan fingerprint density at radius 3 is 2.75 bits per heavy atom. The van der Waals surface area contributed by atoms with Crippen molar-refractivity contribution in [2.24, 2.45) is 5.92 Å². The predicted molar refractivity (Wildman–Crippen MR) is 109 cm³/mol. The summed E-state index contributed by atoms with van der Waals surface area (Å²) in [5.74, 6) is 0.670. The molecule has 0 saturated carbocycles. The molecule has 1 atom stereocenters. The number of carbonyl (C=O) groups excluding carboxylic acids is 2. The van der Waals surface area contributed by atoms with E-state index in [1.807, 2.05) is 13.8 Å². The van der Waals surface area contributed by atoms with Gasteiger partial charge in [-0.05, 0) is 56.4 Å². The van der Waals surface area contributed by atoms with Crippen molar-refractivity contribution in [3.05, 3.63) is 28.8 Å². The zero-order valence-electron chi connectivity index (χ0n) is 16.9. The SMILES string of the molecule is COc1cc(/C=C/C(=O)OCC(=O)N2CCC[C@H](C)C2)cc(Cl)c1OC(C)C. The molecule has 28 heavy (non-hydrogen) atoms. The summed E-state index contributed by atoms with van der Waals surface area (Å²) < 4.78 is 16.1. The molecular weight excluding hydrogens is 382 g/mol. The first-order valence-electron chi connectivity index (χ1n) is 9.47. The topological polar surface area (TPSA) is 65.1 Å². The average Bonchev–Trinajstić information content (AvgIpc) is 2.65. The Morgan fingerprint density at radius 1 is 1.36 bits per heavy atom. The van der Waals surface area contributed by atoms with Gasteiger partial charge in [-0.1, -0.05) is 18.5 Å². The number of piperidine rings is 1. The third-order valence-electron chi connectivity index (χ3n) is 4.36. The highest BCUT2D eigenvalue weighted by atomic mass is 35.5. The standard InChI is InChI=1S/C21H28ClNO5/c1-14(2)28-21-17(22)10-16(11-18(21)26-4)7-8-20(25)27-13-19(24)23-9-5-6-15(3)12-23/h7-8,10-11,14-15H,5-6,9,12-13H2,1-4H3/b8-7+/t15-/m0/s1. The van der Waals surface area contributed by atoms with E-state index in [4.69, 9.17) is 25.8 Å². The number of methoxy groups -OCH3 is 1. The number of hydrogen-bond donors (Lipinski definition) is 0. The minimum atomic E-state index is -0.587. The fraction of sp³-hybridized carbons (Fsp3) is 0.524. The van der Waals surface area contributed by atoms with Crippen LogP contribution in [0.15, 0.2) is 18.2 Å². The average molecular weight is 410 g/mol. The largest absolute Gasteiger partial charge is 0.493 e. The van der Waals surface area contributed by atoms with Crippen LogP contribution in [-0.2, 0) is 14.3 Å². The molecule has 0 spiro atoms. The van der Waals surface area contributed by atoms with Crippen LogP contribution in [0.5, 0.6) is 11.5 Å². The van der Waals surface area contributed by atoms with Gasteiger partial charge in [0.2, 0.25) is 0 Å². The number of carbonyl (C=O) groups is 2. The number of halogens is 1. The summed E-state index contributed by atoms with van der Waals surface area (Å²) >= 11 is 6.27. The van der Waals surface area contributed by atoms with Crippen LogP contribution in [0, 0.1) is 5.92 Å². The van der Waals surface area contributed by atoms with E-state index in [9.17, 15) is 9.59 Å². The molecule has 0 aliphatic carbocycles. The zero-order valence-corrected chi connectivity index (χ0v) is 17.6. The van der Waals surface area contributed by atoms with Gasteiger partial charge in [0.15, 0.2) is 18.1 Å². The second-order valence-electron chi connectivity index (χ2n) is 7.23. The Hall–Kier alpha value is -2.21. The Morgan fingerprint density at radius 2 is 2.11 bits per heavy atom. The molecule has 7 heteroatoms. The number of nitrogens with zero attached hydrogens (tertiary/aromatic N) is 1. The second kappa shape index (κ2) is 10.4. The number of ether oxygens (including phenoxy) is 3. The molecular formula is C21H28ClNO5. The molecule has 0 bridgehead atoms. The molecule has 1 heterocycles. The van der Waals surface area contributed by atoms with Gasteiger partial charge >= 0.3 is 5.97 Å². The van der Waals surface area contributed by atoms with E-state index >= 15 is 0 Å². The Labute approximate surface area is 171 Å². The maximum Gasteiger partial charge on any atom is 0.331 e. The second-order valence-corrected chi connectivity index (χ2v) is 7.64. The summed E-state index contributed by atoms with van der Waals surface area (Å²) in [4.78, 5) is 25.9. The number of esters is 1. The molecule has 1 aliphatic rings. The Bertz CT molecular complexity index is 732. The summed E-state index contributed by atoms with van der Waals surface area (Å²) in [6, 6.07) is 3.39. The van der Waals surface area contributed by atoms with Gasteiger partial charge in [-0.3, -0.25) is 4.79 Å². The summed E-state index contributed by atoms with van der Waals surface area (Å²) in [5, 5.41) is 0.385. The highest BCUT2D eigenvalue weighted by Gasteiger charge is 2.21. The van der Waals surface area contributed by atoms with Crippen molar-refractivity contribution in [2.45, 2.75) is 39.7 Å². The van der Waals surface area contributed by atoms with E-state index in [2.05, 4.69) is 6.92 Å². The molecule has 0 radical (unpaired) electrons. The third kappa shape index (κ3) is 6.44. The summed E-state index contributed by atoms with van der Waals surface area (Å²) in [5.41, 5.74) is 0.658. The lowest BCUT2D eigenvalue weighted by molar-refractivity contribution is -0.149. The van der Waals surface area contributed by atoms with Crippen LogP contribution in [0.2, 0.25) is 5.02 Å². The fourth-order valence-corrected chi connectivity index (χ4v) is 3.30. The molecule has 6 nitrogen and oxygen atoms in total. The highest BCUT2D eigenvalue weighted by Crippen LogP contribution is 2.37. The molecule has 1 aliphatic heterocycles. The van der Waals surface area contributed by atoms with Gasteiger partial charge in [0.05, 0.1) is 18.2 Å². The van der Waals surface area contributed by atoms with Crippen LogP contribution in [0.1, 0.15) is 39.2 Å². The van der Waals surface area contributed by atoms with Crippen LogP contribution in [0.4, 0.5) is 0 Å². The number of rotatable bonds is 7. The van der Waals surface area contributed by atoms with Crippen LogP contribution in [0.25, 0.3) is 6.08 Å². The molecule has 1 aromatic carbocycles. The quantitative estimate of drug-likeness (QED) is 0.504. The van der Waals surface area contributed by atoms with Gasteiger partial charge in [-0.2, -0.15) is 0 Å². The third-order valence-corrected chi connectivity index (χ3v) is 4.65. The van der Waals surface area contributed by atoms with Gasteiger partial charge in [0, 0.05) is 19.2 Å². The molecule has 1 amide bonds. The minimum Gasteiger partial charge on any atom is -0.493 e. The summed E-state index contributed by atoms with van der Waals surface area (Å²) in [6.45, 7) is 7.10. The highest BCUT2D eigenvalue weighted by molar-refractivity contribution is 6.32. The maximum atomic E-state index is 12.2. The molecule has 0 aromatic heterocycles. The summed E-state index contributed by atoms with van der Waals surface area (Å²) in [7, 11) is 1.52. The van der Waals surface area contributed by atoms with E-state index < -0.39 is 5.97 Å². The van der Waals surface area contributed by atoms with Crippen molar-refractivity contribution in [3.63, 3.8) is 0 Å². The van der Waals surface area contributed by atoms with Crippen molar-refractivity contribution in [1.29, 1.82) is 0 Å². The minimum absolute atomic E-state index is 0.0526. The van der Waals surface area contributed by atoms with Gasteiger partial charge in [-0.15, -0.1) is 0 Å². The number of likely N-dealkylation sites (tertiary alicyclic amines) is 1. The van der Waals surface area contributed by atoms with Crippen molar-refractivity contribution in [2.75, 3.05) is 26.8 Å². The molecule has 1 saturated heterocycles. The predicted octanol–water partition coefficient (Wildman–Crippen LogP) is 3.95. The van der Waals surface area contributed by atoms with E-state index in [1.165, 1.54) is 13.2 Å². The number of amides is 1. The molecule has 0 N–H and O–H groups in total. The number of hydrogen-bond acceptors (Lipinski definition) is 5. The molecule has 0 unspecified atom stereocenters. The first-order valence-corrected chi connectivity index (χ1v) is 9.84. The number of benzene rings is 1. The smallest absolute Gasteiger partial charge is 0.331 e. The van der Waals surface area contributed by atoms with Crippen molar-refractivity contribution in [3.8, 4) is 11.5 Å². The Kier molecular flexibility index (Phi) is 8.18. The van der Waals surface area contributed by atoms with Crippen LogP contribution >= 0.6 is 11.6 Å². The lowest BCUT2D eigenvalue weighted by Crippen LogP contribution is -2.41. The van der Waals surface area contributed by atoms with Crippen LogP contribution in [0.3, 0.4) is 0 Å². The van der Waals surface area contributed by atoms with E-state index in [1.54, 1.807) is 23.1 Å². The molecule has 1 fully saturated rings.